The minimum atomic E-state index is -4.43. The Bertz CT molecular complexity index is 5410. The molecule has 14 rings (SSSR count). The average Bonchev–Trinajstić information content (AvgIpc) is 1.62. The number of aromatic nitrogens is 8. The number of morpholine rings is 2. The number of halogens is 10. The molecule has 2 amide bonds. The molecular weight excluding hydrogens is 1840 g/mol. The molecule has 0 spiro atoms. The number of carbonyl (C=O) groups excluding carboxylic acids is 4. The molecule has 2 aliphatic rings. The number of hydrogen-bond acceptors (Lipinski definition) is 21. The normalized spacial score (nSPS) is 12.5. The van der Waals surface area contributed by atoms with Crippen molar-refractivity contribution >= 4 is 86.0 Å². The minimum absolute atomic E-state index is 0. The predicted molar refractivity (Wildman–Crippen MR) is 529 cm³/mol. The highest BCUT2D eigenvalue weighted by atomic mass is 79.9. The van der Waals surface area contributed by atoms with Gasteiger partial charge in [-0.3, -0.25) is 29.2 Å². The summed E-state index contributed by atoms with van der Waals surface area (Å²) in [5, 5.41) is 19.2. The summed E-state index contributed by atoms with van der Waals surface area (Å²) in [5.74, 6) is 3.34. The van der Waals surface area contributed by atoms with E-state index in [1.165, 1.54) is 70.7 Å². The largest absolute Gasteiger partial charge is 0.491 e. The monoisotopic (exact) mass is 1970 g/mol. The average molecular weight is 1970 g/mol. The number of alkyl halides is 9. The van der Waals surface area contributed by atoms with Crippen molar-refractivity contribution in [3.05, 3.63) is 285 Å². The number of benzene rings is 4. The number of anilines is 4. The third-order valence-corrected chi connectivity index (χ3v) is 19.3. The van der Waals surface area contributed by atoms with Crippen molar-refractivity contribution < 1.29 is 92.2 Å². The molecule has 0 aliphatic carbocycles. The van der Waals surface area contributed by atoms with Crippen LogP contribution in [0.25, 0.3) is 22.1 Å². The maximum Gasteiger partial charge on any atom is 0.416 e. The Hall–Kier alpha value is -12.4. The molecule has 2 aliphatic heterocycles. The Morgan fingerprint density at radius 2 is 0.875 bits per heavy atom. The lowest BCUT2D eigenvalue weighted by atomic mass is 10.0. The second-order valence-electron chi connectivity index (χ2n) is 30.8. The Kier molecular flexibility index (Phi) is 52.8. The smallest absolute Gasteiger partial charge is 0.416 e. The van der Waals surface area contributed by atoms with E-state index in [1.807, 2.05) is 82.4 Å². The number of hydrogen-bond donors (Lipinski definition) is 5. The zero-order valence-corrected chi connectivity index (χ0v) is 71.6. The van der Waals surface area contributed by atoms with Gasteiger partial charge in [0.2, 0.25) is 0 Å². The molecule has 746 valence electrons. The van der Waals surface area contributed by atoms with Gasteiger partial charge in [-0.1, -0.05) is 147 Å². The van der Waals surface area contributed by atoms with Gasteiger partial charge < -0.3 is 54.1 Å². The number of ether oxygens (including phenoxy) is 6. The van der Waals surface area contributed by atoms with Crippen LogP contribution >= 0.6 is 15.9 Å². The number of pyridine rings is 6. The van der Waals surface area contributed by atoms with Crippen LogP contribution in [-0.4, -0.2) is 170 Å². The van der Waals surface area contributed by atoms with E-state index in [0.29, 0.717) is 108 Å². The van der Waals surface area contributed by atoms with Crippen LogP contribution in [-0.2, 0) is 63.7 Å². The second kappa shape index (κ2) is 58.1. The molecule has 2 saturated heterocycles. The molecule has 8 aromatic heterocycles. The Morgan fingerprint density at radius 1 is 0.478 bits per heavy atom. The Labute approximate surface area is 803 Å². The molecule has 1 unspecified atom stereocenters. The van der Waals surface area contributed by atoms with Crippen molar-refractivity contribution in [1.29, 1.82) is 0 Å². The summed E-state index contributed by atoms with van der Waals surface area (Å²) in [5.41, 5.74) is 4.10. The number of rotatable bonds is 24. The highest BCUT2D eigenvalue weighted by molar-refractivity contribution is 9.10. The lowest BCUT2D eigenvalue weighted by molar-refractivity contribution is -0.138. The van der Waals surface area contributed by atoms with E-state index < -0.39 is 64.7 Å². The number of aliphatic hydroxyl groups excluding tert-OH is 1. The number of fused-ring (bicyclic) bond motifs is 2. The molecule has 2 fully saturated rings. The van der Waals surface area contributed by atoms with E-state index in [-0.39, 0.29) is 86.6 Å². The molecule has 5 N–H and O–H groups in total. The number of aromatic amines is 2. The van der Waals surface area contributed by atoms with Crippen molar-refractivity contribution in [2.75, 3.05) is 99.3 Å². The molecule has 12 aromatic rings. The number of carbonyl (C=O) groups is 4. The van der Waals surface area contributed by atoms with E-state index in [2.05, 4.69) is 76.2 Å². The van der Waals surface area contributed by atoms with Crippen LogP contribution in [0.2, 0.25) is 0 Å². The molecular formula is C101H136BrF9N14O11. The highest BCUT2D eigenvalue weighted by Crippen LogP contribution is 2.35. The van der Waals surface area contributed by atoms with Gasteiger partial charge in [-0.25, -0.2) is 39.5 Å². The van der Waals surface area contributed by atoms with Crippen LogP contribution in [0.4, 0.5) is 72.4 Å². The molecule has 10 heterocycles. The number of amides is 2. The zero-order valence-electron chi connectivity index (χ0n) is 70.0. The number of aliphatic hydroxyl groups is 1. The molecule has 4 aromatic carbocycles. The van der Waals surface area contributed by atoms with Crippen molar-refractivity contribution in [2.24, 2.45) is 0 Å². The van der Waals surface area contributed by atoms with E-state index in [0.717, 1.165) is 145 Å². The minimum Gasteiger partial charge on any atom is -0.491 e. The number of aldehydes is 2. The van der Waals surface area contributed by atoms with Gasteiger partial charge in [-0.2, -0.15) is 39.5 Å². The predicted octanol–water partition coefficient (Wildman–Crippen LogP) is 25.5. The number of H-pyrrole nitrogens is 2. The van der Waals surface area contributed by atoms with E-state index >= 15 is 0 Å². The van der Waals surface area contributed by atoms with Gasteiger partial charge in [0.15, 0.2) is 12.6 Å². The molecule has 35 heteroatoms. The summed E-state index contributed by atoms with van der Waals surface area (Å²) >= 11 is 3.27. The van der Waals surface area contributed by atoms with Crippen molar-refractivity contribution in [3.8, 4) is 11.5 Å². The number of nitrogens with one attached hydrogen (secondary N) is 4. The first-order valence-corrected chi connectivity index (χ1v) is 40.7. The van der Waals surface area contributed by atoms with Crippen LogP contribution in [0.15, 0.2) is 218 Å². The fraction of sp³-hybridized carbons (Fsp3) is 0.386. The van der Waals surface area contributed by atoms with Gasteiger partial charge in [-0.05, 0) is 184 Å². The van der Waals surface area contributed by atoms with Gasteiger partial charge in [0, 0.05) is 127 Å². The molecule has 136 heavy (non-hydrogen) atoms. The lowest BCUT2D eigenvalue weighted by Crippen LogP contribution is -2.38. The third-order valence-electron chi connectivity index (χ3n) is 18.8. The first kappa shape index (κ1) is 124. The van der Waals surface area contributed by atoms with Crippen LogP contribution in [0.3, 0.4) is 0 Å². The SMILES string of the molecule is C.C.C.C.C.C.C.C.C.C.CC(C)(C)OC(=O)N(Cc1ccc(C(F)(F)F)cc1)c1ccc(C=O)cn1.Cc1ccc(CN(C(=O)OC(C)(C)C)c2ccc(C(O)c3c[nH]c4ncc(OCCN5CCOCC5)cc34)cn2)cc1.FC(F)(F)c1ccc(CNc2ccc(Br)cn2)cc1.O=Cc1ccc(NCc2ccc(C(F)(F)F)cc2)nc1.c1cc2cc(OCCN3CCOCC3)cnc2[nH]1. The first-order valence-electron chi connectivity index (χ1n) is 39.9. The molecule has 0 radical (unpaired) electrons. The van der Waals surface area contributed by atoms with Crippen LogP contribution < -0.4 is 29.9 Å². The summed E-state index contributed by atoms with van der Waals surface area (Å²) in [6, 6.07) is 41.6. The van der Waals surface area contributed by atoms with E-state index in [4.69, 9.17) is 28.4 Å². The topological polar surface area (TPSA) is 290 Å². The van der Waals surface area contributed by atoms with Crippen molar-refractivity contribution in [3.63, 3.8) is 0 Å². The molecule has 25 nitrogen and oxygen atoms in total. The van der Waals surface area contributed by atoms with Gasteiger partial charge in [0.1, 0.15) is 76.6 Å². The summed E-state index contributed by atoms with van der Waals surface area (Å²) in [6.07, 6.45) is -0.871. The third kappa shape index (κ3) is 39.9. The van der Waals surface area contributed by atoms with Gasteiger partial charge in [0.25, 0.3) is 0 Å². The summed E-state index contributed by atoms with van der Waals surface area (Å²) in [6.45, 7) is 23.6. The summed E-state index contributed by atoms with van der Waals surface area (Å²) in [7, 11) is 0. The number of nitrogens with zero attached hydrogens (tertiary/aromatic N) is 10. The summed E-state index contributed by atoms with van der Waals surface area (Å²) in [4.78, 5) is 86.0. The summed E-state index contributed by atoms with van der Waals surface area (Å²) < 4.78 is 147. The van der Waals surface area contributed by atoms with E-state index in [9.17, 15) is 63.8 Å². The van der Waals surface area contributed by atoms with Crippen LogP contribution in [0, 0.1) is 6.92 Å². The molecule has 1 atom stereocenters. The fourth-order valence-electron chi connectivity index (χ4n) is 12.1. The van der Waals surface area contributed by atoms with Crippen LogP contribution in [0.1, 0.15) is 198 Å². The van der Waals surface area contributed by atoms with E-state index in [1.54, 1.807) is 82.1 Å². The Morgan fingerprint density at radius 3 is 1.26 bits per heavy atom. The van der Waals surface area contributed by atoms with Gasteiger partial charge in [0.05, 0.1) is 68.6 Å². The van der Waals surface area contributed by atoms with Crippen molar-refractivity contribution in [2.45, 2.75) is 185 Å². The maximum atomic E-state index is 13.2. The molecule has 0 bridgehead atoms. The number of aryl methyl sites for hydroxylation is 1. The molecule has 0 saturated carbocycles. The van der Waals surface area contributed by atoms with Gasteiger partial charge in [-0.15, -0.1) is 0 Å². The Balaban J connectivity index is 0.00000171. The standard InChI is InChI=1S/C32H39N5O5.C19H19F3N2O3.C14H11F3N2O.C13H10BrF3N2.C13H17N3O2.10CH4/c1-22-5-7-23(8-6-22)21-37(31(39)42-32(2,3)4)28-10-9-24(18-33-28)29(38)27-20-35-30-26(27)17-25(19-34-30)41-16-13-36-11-14-40-15-12-36;1-18(2,3)27-17(26)24(16-9-6-14(12-25)10-23-16)11-13-4-7-15(8-5-13)19(20,21)22;15-14(16,17)12-4-1-10(2-5-12)7-18-13-6-3-11(9-20)8-19-13;14-11-5-6-12(19-8-11)18-7-9-1-3-10(4-2-9)13(15,16)17;1-2-14-13-11(1)9-12(10-15-13)18-8-5-16-3-6-17-7-4-16;;;;;;;;;;/h5-10,17-20,29,38H,11-16,21H2,1-4H3,(H,34,35);4-10,12H,11H2,1-3H3;1-6,8-9H,7H2,(H,18,19);1-6,8H,7H2,(H,18,19);1-2,9-10H,3-8H2,(H,14,15);10*1H4. The lowest BCUT2D eigenvalue weighted by Gasteiger charge is -2.27. The zero-order chi connectivity index (χ0) is 90.6. The fourth-order valence-corrected chi connectivity index (χ4v) is 12.3. The highest BCUT2D eigenvalue weighted by Gasteiger charge is 2.34. The second-order valence-corrected chi connectivity index (χ2v) is 31.7. The first-order chi connectivity index (χ1) is 60.0. The quantitative estimate of drug-likeness (QED) is 0.0277. The van der Waals surface area contributed by atoms with Crippen molar-refractivity contribution in [1.82, 2.24) is 49.7 Å². The van der Waals surface area contributed by atoms with Gasteiger partial charge >= 0.3 is 30.7 Å². The van der Waals surface area contributed by atoms with Crippen LogP contribution in [0.5, 0.6) is 11.5 Å². The maximum absolute atomic E-state index is 13.2.